The Hall–Kier alpha value is -6.43. The molecule has 0 amide bonds. The summed E-state index contributed by atoms with van der Waals surface area (Å²) in [5, 5.41) is 0. The van der Waals surface area contributed by atoms with E-state index in [9.17, 15) is 13.9 Å². The quantitative estimate of drug-likeness (QED) is 0.0522. The number of aryl methyl sites for hydroxylation is 2. The maximum atomic E-state index is 12.6. The van der Waals surface area contributed by atoms with Crippen LogP contribution < -0.4 is 0 Å². The van der Waals surface area contributed by atoms with Gasteiger partial charge in [0, 0.05) is 19.9 Å². The molecule has 2 heterocycles. The summed E-state index contributed by atoms with van der Waals surface area (Å²) in [6.07, 6.45) is 3.84. The van der Waals surface area contributed by atoms with Crippen molar-refractivity contribution in [1.82, 2.24) is 0 Å². The van der Waals surface area contributed by atoms with Gasteiger partial charge in [-0.15, -0.1) is 0 Å². The van der Waals surface area contributed by atoms with E-state index in [4.69, 9.17) is 38.8 Å². The van der Waals surface area contributed by atoms with Crippen molar-refractivity contribution in [2.75, 3.05) is 0 Å². The second kappa shape index (κ2) is 39.0. The van der Waals surface area contributed by atoms with Gasteiger partial charge in [0.1, 0.15) is 24.1 Å². The predicted molar refractivity (Wildman–Crippen MR) is 310 cm³/mol. The number of cyclic esters (lactones) is 1. The van der Waals surface area contributed by atoms with E-state index in [0.717, 1.165) is 48.1 Å². The zero-order valence-corrected chi connectivity index (χ0v) is 47.4. The molecule has 15 heteroatoms. The SMILES string of the molecule is C=C1OC([C@H](C)CCc2ccccc2)[C@@H](C)[C@H](C)C1OCc1ccccc1.C[C@H](CCc1ccccc1)C1OC(=O)C(OCc2ccccc2)[C@@H](C)[C@@H]1C.O=O.O=O.O=POCc1ccccc1.O=POCc1ccccc1. The predicted octanol–water partition coefficient (Wildman–Crippen LogP) is 16.0. The van der Waals surface area contributed by atoms with Gasteiger partial charge in [0.25, 0.3) is 0 Å². The summed E-state index contributed by atoms with van der Waals surface area (Å²) >= 11 is 0. The molecule has 0 spiro atoms. The van der Waals surface area contributed by atoms with E-state index in [-0.39, 0.29) is 53.5 Å². The molecule has 2 fully saturated rings. The summed E-state index contributed by atoms with van der Waals surface area (Å²) in [5.41, 5.74) is 7.05. The molecule has 6 aromatic rings. The van der Waals surface area contributed by atoms with Crippen LogP contribution in [0.2, 0.25) is 0 Å². The minimum atomic E-state index is -0.488. The van der Waals surface area contributed by atoms with E-state index in [0.29, 0.717) is 50.1 Å². The molecule has 0 bridgehead atoms. The van der Waals surface area contributed by atoms with E-state index < -0.39 is 6.10 Å². The summed E-state index contributed by atoms with van der Waals surface area (Å²) in [4.78, 5) is 40.6. The Bertz CT molecular complexity index is 2340. The van der Waals surface area contributed by atoms with Crippen LogP contribution in [0, 0.1) is 55.4 Å². The first-order chi connectivity index (χ1) is 38.0. The highest BCUT2D eigenvalue weighted by Crippen LogP contribution is 2.39. The van der Waals surface area contributed by atoms with Gasteiger partial charge in [-0.2, -0.15) is 0 Å². The van der Waals surface area contributed by atoms with E-state index >= 15 is 0 Å². The highest BCUT2D eigenvalue weighted by molar-refractivity contribution is 7.17. The second-order valence-electron chi connectivity index (χ2n) is 19.5. The third-order valence-corrected chi connectivity index (χ3v) is 14.6. The summed E-state index contributed by atoms with van der Waals surface area (Å²) in [6, 6.07) is 60.6. The molecule has 78 heavy (non-hydrogen) atoms. The normalized spacial score (nSPS) is 20.9. The minimum Gasteiger partial charge on any atom is -0.492 e. The zero-order valence-electron chi connectivity index (χ0n) is 45.7. The van der Waals surface area contributed by atoms with Crippen molar-refractivity contribution in [2.24, 2.45) is 35.5 Å². The smallest absolute Gasteiger partial charge is 0.335 e. The molecule has 2 saturated heterocycles. The molecule has 6 aromatic carbocycles. The van der Waals surface area contributed by atoms with Crippen molar-refractivity contribution >= 4 is 23.3 Å². The standard InChI is InChI=1S/C25H32O2.C24H30O3.2C7H7O2P.2O2/c1-18(15-16-22-11-7-5-8-12-22)24-19(2)20(3)25(21(4)27-24)26-17-23-13-9-6-10-14-23;1-17(14-15-20-10-6-4-7-11-20)22-18(2)19(3)23(24(25)27-22)26-16-21-12-8-5-9-13-21;2*8-10-9-6-7-4-2-1-3-5-7;2*1-2/h5-14,18-20,24-25H,4,15-17H2,1-3H3;4-13,17-19,22-23H,14-16H2,1-3H3;2*1-5H,6H2;;/t18-,19+,20+,24?,25?;17-,18+,19+,22?,23?;;;;/m11..../s1. The van der Waals surface area contributed by atoms with Gasteiger partial charge in [0.05, 0.1) is 26.4 Å². The van der Waals surface area contributed by atoms with Crippen LogP contribution in [0.4, 0.5) is 0 Å². The van der Waals surface area contributed by atoms with Crippen LogP contribution in [0.25, 0.3) is 0 Å². The van der Waals surface area contributed by atoms with Gasteiger partial charge in [-0.1, -0.05) is 230 Å². The molecule has 416 valence electrons. The van der Waals surface area contributed by atoms with Crippen LogP contribution in [0.15, 0.2) is 194 Å². The Morgan fingerprint density at radius 1 is 0.423 bits per heavy atom. The Morgan fingerprint density at radius 3 is 1.04 bits per heavy atom. The summed E-state index contributed by atoms with van der Waals surface area (Å²) in [6.45, 7) is 19.4. The highest BCUT2D eigenvalue weighted by atomic mass is 31.1. The molecule has 10 atom stereocenters. The van der Waals surface area contributed by atoms with Crippen LogP contribution in [0.3, 0.4) is 0 Å². The van der Waals surface area contributed by atoms with Crippen molar-refractivity contribution < 1.29 is 41.9 Å². The van der Waals surface area contributed by atoms with Gasteiger partial charge in [0.15, 0.2) is 6.10 Å². The highest BCUT2D eigenvalue weighted by Gasteiger charge is 2.44. The van der Waals surface area contributed by atoms with Crippen molar-refractivity contribution in [3.63, 3.8) is 0 Å². The molecule has 4 unspecified atom stereocenters. The third kappa shape index (κ3) is 23.7. The minimum absolute atomic E-state index is 0.0437. The maximum Gasteiger partial charge on any atom is 0.335 e. The monoisotopic (exact) mass is 1100 g/mol. The lowest BCUT2D eigenvalue weighted by molar-refractivity contribution is -0.192. The molecular weight excluding hydrogens is 1030 g/mol. The largest absolute Gasteiger partial charge is 0.492 e. The van der Waals surface area contributed by atoms with Gasteiger partial charge in [0.2, 0.25) is 0 Å². The number of carbonyl (C=O) groups is 1. The molecule has 0 radical (unpaired) electrons. The number of hydrogen-bond acceptors (Lipinski definition) is 13. The van der Waals surface area contributed by atoms with Crippen LogP contribution in [0.1, 0.15) is 87.8 Å². The average Bonchev–Trinajstić information content (AvgIpc) is 3.51. The first kappa shape index (κ1) is 65.9. The zero-order chi connectivity index (χ0) is 56.9. The topological polar surface area (TPSA) is 175 Å². The van der Waals surface area contributed by atoms with Crippen LogP contribution in [0.5, 0.6) is 0 Å². The number of ether oxygens (including phenoxy) is 4. The molecule has 13 nitrogen and oxygen atoms in total. The first-order valence-electron chi connectivity index (χ1n) is 26.2. The van der Waals surface area contributed by atoms with E-state index in [1.165, 1.54) is 16.7 Å². The van der Waals surface area contributed by atoms with Gasteiger partial charge in [-0.3, -0.25) is 9.05 Å². The number of esters is 1. The molecule has 8 rings (SSSR count). The third-order valence-electron chi connectivity index (χ3n) is 14.1. The Kier molecular flexibility index (Phi) is 32.9. The summed E-state index contributed by atoms with van der Waals surface area (Å²) in [7, 11) is -0.520. The fourth-order valence-electron chi connectivity index (χ4n) is 9.33. The number of hydrogen-bond donors (Lipinski definition) is 0. The van der Waals surface area contributed by atoms with Gasteiger partial charge >= 0.3 is 23.3 Å². The van der Waals surface area contributed by atoms with Crippen molar-refractivity contribution in [1.29, 1.82) is 0 Å². The van der Waals surface area contributed by atoms with E-state index in [2.05, 4.69) is 124 Å². The second-order valence-corrected chi connectivity index (χ2v) is 20.3. The Morgan fingerprint density at radius 2 is 0.705 bits per heavy atom. The fourth-order valence-corrected chi connectivity index (χ4v) is 9.73. The van der Waals surface area contributed by atoms with E-state index in [1.807, 2.05) is 115 Å². The molecule has 0 aromatic heterocycles. The molecule has 0 aliphatic carbocycles. The van der Waals surface area contributed by atoms with Crippen LogP contribution in [-0.4, -0.2) is 30.4 Å². The molecule has 2 aliphatic rings. The average molecular weight is 1100 g/mol. The van der Waals surface area contributed by atoms with Crippen LogP contribution in [-0.2, 0) is 81.2 Å². The number of rotatable bonds is 20. The number of benzene rings is 6. The molecule has 0 N–H and O–H groups in total. The number of carbonyl (C=O) groups excluding carboxylic acids is 1. The first-order valence-corrected chi connectivity index (χ1v) is 27.7. The molecule has 2 aliphatic heterocycles. The van der Waals surface area contributed by atoms with Crippen molar-refractivity contribution in [3.8, 4) is 0 Å². The van der Waals surface area contributed by atoms with Gasteiger partial charge in [-0.25, -0.2) is 13.9 Å². The van der Waals surface area contributed by atoms with Crippen molar-refractivity contribution in [3.05, 3.63) is 248 Å². The van der Waals surface area contributed by atoms with Gasteiger partial charge in [-0.05, 0) is 94.6 Å². The lowest BCUT2D eigenvalue weighted by Gasteiger charge is -2.43. The lowest BCUT2D eigenvalue weighted by Crippen LogP contribution is -2.49. The van der Waals surface area contributed by atoms with Crippen LogP contribution >= 0.6 is 17.4 Å². The summed E-state index contributed by atoms with van der Waals surface area (Å²) in [5.74, 6) is 2.60. The maximum absolute atomic E-state index is 12.6. The van der Waals surface area contributed by atoms with E-state index in [1.54, 1.807) is 0 Å². The Balaban J connectivity index is 0.000000292. The van der Waals surface area contributed by atoms with Crippen molar-refractivity contribution in [2.45, 2.75) is 118 Å². The molecule has 0 saturated carbocycles. The lowest BCUT2D eigenvalue weighted by atomic mass is 9.77. The Labute approximate surface area is 464 Å². The van der Waals surface area contributed by atoms with Gasteiger partial charge < -0.3 is 18.9 Å². The summed E-state index contributed by atoms with van der Waals surface area (Å²) < 4.78 is 53.3. The molecular formula is C63H76O13P2. The fraction of sp³-hybridized carbons (Fsp3) is 0.381.